The van der Waals surface area contributed by atoms with Crippen LogP contribution in [0.25, 0.3) is 0 Å². The summed E-state index contributed by atoms with van der Waals surface area (Å²) < 4.78 is 5.20. The van der Waals surface area contributed by atoms with Gasteiger partial charge in [-0.3, -0.25) is 9.78 Å². The zero-order chi connectivity index (χ0) is 16.2. The highest BCUT2D eigenvalue weighted by Crippen LogP contribution is 2.22. The van der Waals surface area contributed by atoms with Crippen LogP contribution in [0.5, 0.6) is 0 Å². The lowest BCUT2D eigenvalue weighted by atomic mass is 10.0. The summed E-state index contributed by atoms with van der Waals surface area (Å²) in [6.45, 7) is 2.82. The first-order valence-electron chi connectivity index (χ1n) is 7.89. The number of hydrogen-bond donors (Lipinski definition) is 1. The number of carbonyl (C=O) groups is 1. The number of carbonyl (C=O) groups excluding carboxylic acids is 1. The molecule has 1 aliphatic rings. The van der Waals surface area contributed by atoms with E-state index in [1.165, 1.54) is 0 Å². The van der Waals surface area contributed by atoms with Crippen molar-refractivity contribution in [1.29, 1.82) is 0 Å². The smallest absolute Gasteiger partial charge is 0.223 e. The number of aliphatic hydroxyl groups excluding tert-OH is 1. The van der Waals surface area contributed by atoms with E-state index in [1.807, 2.05) is 25.1 Å². The summed E-state index contributed by atoms with van der Waals surface area (Å²) >= 11 is 0. The molecule has 2 aromatic rings. The van der Waals surface area contributed by atoms with Crippen LogP contribution in [-0.4, -0.2) is 45.2 Å². The molecule has 1 amide bonds. The van der Waals surface area contributed by atoms with Crippen LogP contribution < -0.4 is 0 Å². The fraction of sp³-hybridized carbons (Fsp3) is 0.471. The van der Waals surface area contributed by atoms with E-state index in [9.17, 15) is 9.90 Å². The van der Waals surface area contributed by atoms with Crippen LogP contribution in [0.4, 0.5) is 0 Å². The second kappa shape index (κ2) is 6.91. The molecule has 6 nitrogen and oxygen atoms in total. The van der Waals surface area contributed by atoms with Gasteiger partial charge in [0.15, 0.2) is 0 Å². The van der Waals surface area contributed by atoms with Gasteiger partial charge in [0.2, 0.25) is 5.91 Å². The molecule has 1 fully saturated rings. The van der Waals surface area contributed by atoms with Gasteiger partial charge in [-0.2, -0.15) is 0 Å². The Labute approximate surface area is 135 Å². The van der Waals surface area contributed by atoms with Gasteiger partial charge in [-0.15, -0.1) is 0 Å². The molecule has 0 radical (unpaired) electrons. The molecule has 0 unspecified atom stereocenters. The number of rotatable bonds is 5. The van der Waals surface area contributed by atoms with E-state index in [2.05, 4.69) is 10.1 Å². The molecule has 122 valence electrons. The highest BCUT2D eigenvalue weighted by atomic mass is 16.5. The lowest BCUT2D eigenvalue weighted by molar-refractivity contribution is -0.130. The summed E-state index contributed by atoms with van der Waals surface area (Å²) in [5.74, 6) is 0.838. The first-order valence-corrected chi connectivity index (χ1v) is 7.89. The van der Waals surface area contributed by atoms with Gasteiger partial charge in [0.1, 0.15) is 5.76 Å². The van der Waals surface area contributed by atoms with Gasteiger partial charge in [0, 0.05) is 50.3 Å². The normalized spacial score (nSPS) is 20.9. The maximum atomic E-state index is 12.3. The predicted octanol–water partition coefficient (Wildman–Crippen LogP) is 1.37. The first kappa shape index (κ1) is 15.7. The molecule has 1 aliphatic heterocycles. The molecule has 0 aliphatic carbocycles. The number of β-amino-alcohol motifs (C(OH)–C–C–N with tert-alkyl or cyclic N) is 1. The van der Waals surface area contributed by atoms with Crippen LogP contribution in [0, 0.1) is 12.8 Å². The summed E-state index contributed by atoms with van der Waals surface area (Å²) in [5, 5.41) is 14.1. The van der Waals surface area contributed by atoms with Gasteiger partial charge in [-0.25, -0.2) is 0 Å². The Balaban J connectivity index is 1.52. The van der Waals surface area contributed by atoms with Crippen molar-refractivity contribution in [3.8, 4) is 0 Å². The quantitative estimate of drug-likeness (QED) is 0.901. The first-order chi connectivity index (χ1) is 11.1. The Bertz CT molecular complexity index is 656. The number of likely N-dealkylation sites (tertiary alicyclic amines) is 1. The van der Waals surface area contributed by atoms with Crippen molar-refractivity contribution >= 4 is 5.91 Å². The summed E-state index contributed by atoms with van der Waals surface area (Å²) in [6.07, 6.45) is 4.70. The van der Waals surface area contributed by atoms with E-state index in [4.69, 9.17) is 4.52 Å². The number of hydrogen-bond acceptors (Lipinski definition) is 5. The molecule has 0 saturated carbocycles. The van der Waals surface area contributed by atoms with E-state index < -0.39 is 6.10 Å². The maximum absolute atomic E-state index is 12.3. The van der Waals surface area contributed by atoms with Crippen molar-refractivity contribution in [1.82, 2.24) is 15.0 Å². The zero-order valence-corrected chi connectivity index (χ0v) is 13.2. The van der Waals surface area contributed by atoms with Crippen LogP contribution in [0.2, 0.25) is 0 Å². The molecule has 6 heteroatoms. The number of nitrogens with zero attached hydrogens (tertiary/aromatic N) is 3. The molecule has 0 aromatic carbocycles. The van der Waals surface area contributed by atoms with Crippen LogP contribution in [-0.2, 0) is 17.6 Å². The van der Waals surface area contributed by atoms with Crippen molar-refractivity contribution in [2.24, 2.45) is 5.92 Å². The third-order valence-electron chi connectivity index (χ3n) is 4.25. The Hall–Kier alpha value is -2.21. The Morgan fingerprint density at radius 1 is 1.48 bits per heavy atom. The maximum Gasteiger partial charge on any atom is 0.223 e. The van der Waals surface area contributed by atoms with E-state index in [0.29, 0.717) is 32.4 Å². The second-order valence-corrected chi connectivity index (χ2v) is 6.13. The van der Waals surface area contributed by atoms with Gasteiger partial charge >= 0.3 is 0 Å². The van der Waals surface area contributed by atoms with Crippen molar-refractivity contribution in [3.05, 3.63) is 47.6 Å². The van der Waals surface area contributed by atoms with Crippen molar-refractivity contribution in [2.45, 2.75) is 32.3 Å². The molecular formula is C17H21N3O3. The van der Waals surface area contributed by atoms with Crippen LogP contribution in [0.1, 0.15) is 23.4 Å². The number of pyridine rings is 1. The van der Waals surface area contributed by atoms with Gasteiger partial charge in [-0.05, 0) is 25.0 Å². The molecule has 3 heterocycles. The Kier molecular flexibility index (Phi) is 4.71. The Morgan fingerprint density at radius 2 is 2.35 bits per heavy atom. The molecule has 0 spiro atoms. The van der Waals surface area contributed by atoms with Crippen molar-refractivity contribution < 1.29 is 14.4 Å². The minimum absolute atomic E-state index is 0.00434. The van der Waals surface area contributed by atoms with E-state index in [0.717, 1.165) is 17.0 Å². The van der Waals surface area contributed by atoms with Gasteiger partial charge < -0.3 is 14.5 Å². The lowest BCUT2D eigenvalue weighted by Crippen LogP contribution is -2.29. The monoisotopic (exact) mass is 315 g/mol. The van der Waals surface area contributed by atoms with Gasteiger partial charge in [0.05, 0.1) is 11.8 Å². The second-order valence-electron chi connectivity index (χ2n) is 6.13. The number of aliphatic hydroxyl groups is 1. The van der Waals surface area contributed by atoms with Crippen molar-refractivity contribution in [2.75, 3.05) is 13.1 Å². The summed E-state index contributed by atoms with van der Waals surface area (Å²) in [5.41, 5.74) is 1.88. The topological polar surface area (TPSA) is 79.5 Å². The van der Waals surface area contributed by atoms with Crippen LogP contribution in [0.3, 0.4) is 0 Å². The molecule has 2 aromatic heterocycles. The minimum Gasteiger partial charge on any atom is -0.391 e. The number of amides is 1. The SMILES string of the molecule is Cc1cc(C[C@@H]2CN(C(=O)CCc3cccnc3)C[C@@H]2O)on1. The largest absolute Gasteiger partial charge is 0.391 e. The molecule has 1 N–H and O–H groups in total. The van der Waals surface area contributed by atoms with E-state index in [-0.39, 0.29) is 11.8 Å². The molecule has 2 atom stereocenters. The molecule has 1 saturated heterocycles. The zero-order valence-electron chi connectivity index (χ0n) is 13.2. The van der Waals surface area contributed by atoms with E-state index >= 15 is 0 Å². The predicted molar refractivity (Wildman–Crippen MR) is 83.6 cm³/mol. The number of aromatic nitrogens is 2. The third-order valence-corrected chi connectivity index (χ3v) is 4.25. The highest BCUT2D eigenvalue weighted by Gasteiger charge is 2.34. The molecule has 0 bridgehead atoms. The standard InChI is InChI=1S/C17H21N3O3/c1-12-7-15(23-19-12)8-14-10-20(11-16(14)21)17(22)5-4-13-3-2-6-18-9-13/h2-3,6-7,9,14,16,21H,4-5,8,10-11H2,1H3/t14-,16+/m1/s1. The minimum atomic E-state index is -0.511. The summed E-state index contributed by atoms with van der Waals surface area (Å²) in [7, 11) is 0. The average molecular weight is 315 g/mol. The van der Waals surface area contributed by atoms with Gasteiger partial charge in [0.25, 0.3) is 0 Å². The fourth-order valence-corrected chi connectivity index (χ4v) is 2.98. The summed E-state index contributed by atoms with van der Waals surface area (Å²) in [4.78, 5) is 18.1. The van der Waals surface area contributed by atoms with Crippen molar-refractivity contribution in [3.63, 3.8) is 0 Å². The van der Waals surface area contributed by atoms with Gasteiger partial charge in [-0.1, -0.05) is 11.2 Å². The molecular weight excluding hydrogens is 294 g/mol. The van der Waals surface area contributed by atoms with Crippen LogP contribution in [0.15, 0.2) is 35.1 Å². The molecule has 3 rings (SSSR count). The van der Waals surface area contributed by atoms with Crippen LogP contribution >= 0.6 is 0 Å². The number of aryl methyl sites for hydroxylation is 2. The average Bonchev–Trinajstić information content (AvgIpc) is 3.13. The van der Waals surface area contributed by atoms with E-state index in [1.54, 1.807) is 17.3 Å². The molecule has 23 heavy (non-hydrogen) atoms. The lowest BCUT2D eigenvalue weighted by Gasteiger charge is -2.15. The Morgan fingerprint density at radius 3 is 3.04 bits per heavy atom. The third kappa shape index (κ3) is 3.96. The summed E-state index contributed by atoms with van der Waals surface area (Å²) in [6, 6.07) is 5.71. The fourth-order valence-electron chi connectivity index (χ4n) is 2.98. The highest BCUT2D eigenvalue weighted by molar-refractivity contribution is 5.76.